The second kappa shape index (κ2) is 4.06. The van der Waals surface area contributed by atoms with E-state index in [0.717, 1.165) is 0 Å². The maximum Gasteiger partial charge on any atom is 0.0196 e. The summed E-state index contributed by atoms with van der Waals surface area (Å²) in [4.78, 5) is 2.45. The first-order valence-electron chi connectivity index (χ1n) is 6.32. The summed E-state index contributed by atoms with van der Waals surface area (Å²) >= 11 is 0. The van der Waals surface area contributed by atoms with Crippen molar-refractivity contribution in [2.45, 2.75) is 25.7 Å². The van der Waals surface area contributed by atoms with Crippen molar-refractivity contribution in [3.8, 4) is 0 Å². The van der Waals surface area contributed by atoms with Crippen LogP contribution in [0.1, 0.15) is 30.4 Å². The molecule has 0 fully saturated rings. The van der Waals surface area contributed by atoms with E-state index in [0.29, 0.717) is 0 Å². The third-order valence-electron chi connectivity index (χ3n) is 3.90. The van der Waals surface area contributed by atoms with Crippen LogP contribution in [0.4, 0.5) is 0 Å². The highest BCUT2D eigenvalue weighted by Crippen LogP contribution is 2.34. The molecule has 0 saturated carbocycles. The molecule has 1 aliphatic heterocycles. The third-order valence-corrected chi connectivity index (χ3v) is 3.90. The lowest BCUT2D eigenvalue weighted by Gasteiger charge is -2.27. The first kappa shape index (κ1) is 10.1. The molecule has 0 N–H and O–H groups in total. The minimum absolute atomic E-state index is 1.18. The summed E-state index contributed by atoms with van der Waals surface area (Å²) in [7, 11) is 2.24. The molecule has 1 aromatic carbocycles. The molecule has 1 aliphatic carbocycles. The number of nitrogens with zero attached hydrogens (tertiary/aromatic N) is 1. The molecule has 16 heavy (non-hydrogen) atoms. The summed E-state index contributed by atoms with van der Waals surface area (Å²) in [6, 6.07) is 9.00. The third kappa shape index (κ3) is 1.69. The van der Waals surface area contributed by atoms with Crippen LogP contribution in [0.2, 0.25) is 0 Å². The van der Waals surface area contributed by atoms with Gasteiger partial charge in [-0.15, -0.1) is 0 Å². The molecule has 0 atom stereocenters. The first-order valence-corrected chi connectivity index (χ1v) is 6.32. The largest absolute Gasteiger partial charge is 0.302 e. The van der Waals surface area contributed by atoms with E-state index in [9.17, 15) is 0 Å². The summed E-state index contributed by atoms with van der Waals surface area (Å²) in [5.74, 6) is 0. The van der Waals surface area contributed by atoms with Gasteiger partial charge in [-0.25, -0.2) is 0 Å². The van der Waals surface area contributed by atoms with Crippen LogP contribution < -0.4 is 0 Å². The van der Waals surface area contributed by atoms with E-state index in [1.165, 1.54) is 38.8 Å². The van der Waals surface area contributed by atoms with Gasteiger partial charge in [-0.3, -0.25) is 0 Å². The fraction of sp³-hybridized carbons (Fsp3) is 0.467. The molecule has 0 bridgehead atoms. The standard InChI is InChI=1S/C15H19N/c1-16-10-9-15-13(11-16)7-4-6-12-5-2-3-8-14(12)15/h2-3,5,8H,4,6-7,9-11H2,1H3. The van der Waals surface area contributed by atoms with Crippen molar-refractivity contribution in [3.63, 3.8) is 0 Å². The number of fused-ring (bicyclic) bond motifs is 2. The Labute approximate surface area is 97.8 Å². The Morgan fingerprint density at radius 1 is 1.06 bits per heavy atom. The van der Waals surface area contributed by atoms with Gasteiger partial charge in [0.2, 0.25) is 0 Å². The van der Waals surface area contributed by atoms with Gasteiger partial charge in [0, 0.05) is 13.1 Å². The van der Waals surface area contributed by atoms with Crippen LogP contribution in [0.3, 0.4) is 0 Å². The van der Waals surface area contributed by atoms with Crippen molar-refractivity contribution in [3.05, 3.63) is 41.0 Å². The Morgan fingerprint density at radius 3 is 2.88 bits per heavy atom. The van der Waals surface area contributed by atoms with Gasteiger partial charge in [0.25, 0.3) is 0 Å². The van der Waals surface area contributed by atoms with E-state index in [-0.39, 0.29) is 0 Å². The maximum absolute atomic E-state index is 2.45. The van der Waals surface area contributed by atoms with Crippen LogP contribution in [0, 0.1) is 0 Å². The highest BCUT2D eigenvalue weighted by molar-refractivity contribution is 5.73. The van der Waals surface area contributed by atoms with Gasteiger partial charge in [0.1, 0.15) is 0 Å². The van der Waals surface area contributed by atoms with Crippen molar-refractivity contribution >= 4 is 5.57 Å². The van der Waals surface area contributed by atoms with Gasteiger partial charge < -0.3 is 4.90 Å². The first-order chi connectivity index (χ1) is 7.84. The zero-order valence-electron chi connectivity index (χ0n) is 10.00. The molecule has 84 valence electrons. The van der Waals surface area contributed by atoms with Crippen LogP contribution in [0.25, 0.3) is 5.57 Å². The molecule has 0 unspecified atom stereocenters. The molecule has 1 aromatic rings. The van der Waals surface area contributed by atoms with Gasteiger partial charge in [-0.1, -0.05) is 29.8 Å². The molecule has 1 heteroatoms. The Bertz CT molecular complexity index is 431. The molecule has 0 saturated heterocycles. The monoisotopic (exact) mass is 213 g/mol. The molecular weight excluding hydrogens is 194 g/mol. The normalized spacial score (nSPS) is 21.3. The second-order valence-electron chi connectivity index (χ2n) is 5.08. The topological polar surface area (TPSA) is 3.24 Å². The minimum Gasteiger partial charge on any atom is -0.302 e. The number of hydrogen-bond acceptors (Lipinski definition) is 1. The summed E-state index contributed by atoms with van der Waals surface area (Å²) in [5.41, 5.74) is 6.46. The van der Waals surface area contributed by atoms with E-state index in [4.69, 9.17) is 0 Å². The lowest BCUT2D eigenvalue weighted by Crippen LogP contribution is -2.27. The fourth-order valence-electron chi connectivity index (χ4n) is 3.06. The number of benzene rings is 1. The highest BCUT2D eigenvalue weighted by atomic mass is 15.1. The lowest BCUT2D eigenvalue weighted by molar-refractivity contribution is 0.355. The molecule has 1 nitrogen and oxygen atoms in total. The fourth-order valence-corrected chi connectivity index (χ4v) is 3.06. The molecule has 0 radical (unpaired) electrons. The van der Waals surface area contributed by atoms with Gasteiger partial charge in [0.05, 0.1) is 0 Å². The van der Waals surface area contributed by atoms with Crippen LogP contribution in [0.5, 0.6) is 0 Å². The summed E-state index contributed by atoms with van der Waals surface area (Å²) < 4.78 is 0. The van der Waals surface area contributed by atoms with E-state index < -0.39 is 0 Å². The van der Waals surface area contributed by atoms with Crippen molar-refractivity contribution in [1.82, 2.24) is 4.90 Å². The number of aryl methyl sites for hydroxylation is 1. The van der Waals surface area contributed by atoms with Crippen LogP contribution in [-0.2, 0) is 6.42 Å². The Balaban J connectivity index is 2.08. The highest BCUT2D eigenvalue weighted by Gasteiger charge is 2.21. The lowest BCUT2D eigenvalue weighted by atomic mass is 9.91. The SMILES string of the molecule is CN1CCC2=C(CCCc3ccccc32)C1. The predicted molar refractivity (Wildman–Crippen MR) is 68.4 cm³/mol. The number of hydrogen-bond donors (Lipinski definition) is 0. The van der Waals surface area contributed by atoms with Crippen molar-refractivity contribution in [2.24, 2.45) is 0 Å². The van der Waals surface area contributed by atoms with Gasteiger partial charge >= 0.3 is 0 Å². The van der Waals surface area contributed by atoms with Gasteiger partial charge in [-0.2, -0.15) is 0 Å². The van der Waals surface area contributed by atoms with E-state index in [2.05, 4.69) is 36.2 Å². The molecule has 0 amide bonds. The molecule has 1 heterocycles. The van der Waals surface area contributed by atoms with Crippen LogP contribution in [0.15, 0.2) is 29.8 Å². The molecule has 3 rings (SSSR count). The minimum atomic E-state index is 1.18. The summed E-state index contributed by atoms with van der Waals surface area (Å²) in [6.07, 6.45) is 5.12. The molecule has 2 aliphatic rings. The molecule has 0 spiro atoms. The Morgan fingerprint density at radius 2 is 1.94 bits per heavy atom. The average molecular weight is 213 g/mol. The quantitative estimate of drug-likeness (QED) is 0.640. The Kier molecular flexibility index (Phi) is 2.56. The zero-order valence-corrected chi connectivity index (χ0v) is 10.00. The maximum atomic E-state index is 2.45. The van der Waals surface area contributed by atoms with Crippen molar-refractivity contribution in [2.75, 3.05) is 20.1 Å². The summed E-state index contributed by atoms with van der Waals surface area (Å²) in [6.45, 7) is 2.40. The number of likely N-dealkylation sites (N-methyl/N-ethyl adjacent to an activating group) is 1. The van der Waals surface area contributed by atoms with Crippen molar-refractivity contribution < 1.29 is 0 Å². The van der Waals surface area contributed by atoms with E-state index in [1.54, 1.807) is 22.3 Å². The molecular formula is C15H19N. The number of rotatable bonds is 0. The summed E-state index contributed by atoms with van der Waals surface area (Å²) in [5, 5.41) is 0. The van der Waals surface area contributed by atoms with Gasteiger partial charge in [0.15, 0.2) is 0 Å². The van der Waals surface area contributed by atoms with E-state index in [1.807, 2.05) is 0 Å². The zero-order chi connectivity index (χ0) is 11.0. The van der Waals surface area contributed by atoms with Crippen LogP contribution >= 0.6 is 0 Å². The van der Waals surface area contributed by atoms with Gasteiger partial charge in [-0.05, 0) is 49.4 Å². The van der Waals surface area contributed by atoms with Crippen LogP contribution in [-0.4, -0.2) is 25.0 Å². The second-order valence-corrected chi connectivity index (χ2v) is 5.08. The van der Waals surface area contributed by atoms with E-state index >= 15 is 0 Å². The smallest absolute Gasteiger partial charge is 0.0196 e. The Hall–Kier alpha value is -1.08. The average Bonchev–Trinajstić information content (AvgIpc) is 2.47. The molecule has 0 aromatic heterocycles. The predicted octanol–water partition coefficient (Wildman–Crippen LogP) is 3.11. The van der Waals surface area contributed by atoms with Crippen molar-refractivity contribution in [1.29, 1.82) is 0 Å².